The molecule has 0 unspecified atom stereocenters. The Balaban J connectivity index is 2.33. The highest BCUT2D eigenvalue weighted by molar-refractivity contribution is 5.80. The Morgan fingerprint density at radius 2 is 1.88 bits per heavy atom. The van der Waals surface area contributed by atoms with Crippen LogP contribution >= 0.6 is 0 Å². The van der Waals surface area contributed by atoms with Crippen LogP contribution in [-0.4, -0.2) is 49.6 Å². The summed E-state index contributed by atoms with van der Waals surface area (Å²) in [5, 5.41) is 2.27. The zero-order valence-electron chi connectivity index (χ0n) is 13.9. The second kappa shape index (κ2) is 10.1. The molecule has 0 heterocycles. The van der Waals surface area contributed by atoms with Crippen LogP contribution in [0.1, 0.15) is 18.9 Å². The first-order valence-corrected chi connectivity index (χ1v) is 7.57. The number of rotatable bonds is 9. The summed E-state index contributed by atoms with van der Waals surface area (Å²) in [7, 11) is 1.63. The number of urea groups is 1. The van der Waals surface area contributed by atoms with Crippen molar-refractivity contribution in [2.24, 2.45) is 5.73 Å². The van der Waals surface area contributed by atoms with Crippen LogP contribution in [0, 0.1) is 0 Å². The van der Waals surface area contributed by atoms with Gasteiger partial charge in [0.15, 0.2) is 6.61 Å². The third-order valence-corrected chi connectivity index (χ3v) is 3.06. The highest BCUT2D eigenvalue weighted by Crippen LogP contribution is 2.13. The van der Waals surface area contributed by atoms with Gasteiger partial charge in [-0.25, -0.2) is 4.79 Å². The van der Waals surface area contributed by atoms with Gasteiger partial charge in [-0.1, -0.05) is 12.1 Å². The van der Waals surface area contributed by atoms with Gasteiger partial charge in [0.2, 0.25) is 0 Å². The zero-order chi connectivity index (χ0) is 17.9. The molecule has 0 saturated heterocycles. The van der Waals surface area contributed by atoms with Gasteiger partial charge in [-0.2, -0.15) is 0 Å². The molecule has 0 atom stereocenters. The molecule has 0 radical (unpaired) electrons. The predicted molar refractivity (Wildman–Crippen MR) is 87.2 cm³/mol. The lowest BCUT2D eigenvalue weighted by Crippen LogP contribution is -2.33. The van der Waals surface area contributed by atoms with Crippen LogP contribution in [-0.2, 0) is 20.9 Å². The Labute approximate surface area is 140 Å². The summed E-state index contributed by atoms with van der Waals surface area (Å²) in [6.45, 7) is 2.63. The fourth-order valence-corrected chi connectivity index (χ4v) is 1.83. The van der Waals surface area contributed by atoms with Gasteiger partial charge in [-0.05, 0) is 24.6 Å². The third-order valence-electron chi connectivity index (χ3n) is 3.06. The summed E-state index contributed by atoms with van der Waals surface area (Å²) in [5.74, 6) is -0.125. The maximum atomic E-state index is 11.9. The van der Waals surface area contributed by atoms with Crippen molar-refractivity contribution in [2.75, 3.05) is 26.8 Å². The fourth-order valence-electron chi connectivity index (χ4n) is 1.83. The summed E-state index contributed by atoms with van der Waals surface area (Å²) >= 11 is 0. The summed E-state index contributed by atoms with van der Waals surface area (Å²) in [5.41, 5.74) is 5.81. The van der Waals surface area contributed by atoms with Crippen molar-refractivity contribution in [3.05, 3.63) is 29.8 Å². The van der Waals surface area contributed by atoms with E-state index in [0.29, 0.717) is 13.2 Å². The Morgan fingerprint density at radius 3 is 2.46 bits per heavy atom. The van der Waals surface area contributed by atoms with Crippen LogP contribution in [0.2, 0.25) is 0 Å². The van der Waals surface area contributed by atoms with Gasteiger partial charge in [0, 0.05) is 20.1 Å². The lowest BCUT2D eigenvalue weighted by molar-refractivity contribution is -0.151. The molecule has 1 aromatic rings. The molecule has 0 aliphatic heterocycles. The van der Waals surface area contributed by atoms with E-state index in [2.05, 4.69) is 5.32 Å². The number of carbonyl (C=O) groups excluding carboxylic acids is 3. The topological polar surface area (TPSA) is 111 Å². The number of ether oxygens (including phenoxy) is 2. The summed E-state index contributed by atoms with van der Waals surface area (Å²) in [6, 6.07) is 6.70. The lowest BCUT2D eigenvalue weighted by Gasteiger charge is -2.17. The van der Waals surface area contributed by atoms with Crippen molar-refractivity contribution in [3.63, 3.8) is 0 Å². The average Bonchev–Trinajstić information content (AvgIpc) is 2.54. The van der Waals surface area contributed by atoms with Crippen molar-refractivity contribution in [2.45, 2.75) is 19.9 Å². The maximum absolute atomic E-state index is 11.9. The molecule has 0 saturated carbocycles. The van der Waals surface area contributed by atoms with Crippen LogP contribution in [0.15, 0.2) is 24.3 Å². The Bertz CT molecular complexity index is 559. The van der Waals surface area contributed by atoms with Gasteiger partial charge in [0.05, 0.1) is 13.0 Å². The van der Waals surface area contributed by atoms with Gasteiger partial charge in [-0.15, -0.1) is 0 Å². The fraction of sp³-hybridized carbons (Fsp3) is 0.438. The Hall–Kier alpha value is -2.77. The minimum Gasteiger partial charge on any atom is -0.494 e. The lowest BCUT2D eigenvalue weighted by atomic mass is 10.2. The molecule has 8 nitrogen and oxygen atoms in total. The Morgan fingerprint density at radius 1 is 1.21 bits per heavy atom. The molecule has 1 aromatic carbocycles. The molecule has 1 rings (SSSR count). The van der Waals surface area contributed by atoms with Crippen LogP contribution in [0.5, 0.6) is 5.75 Å². The number of hydrogen-bond acceptors (Lipinski definition) is 5. The monoisotopic (exact) mass is 337 g/mol. The number of likely N-dealkylation sites (N-methyl/N-ethyl adjacent to an activating group) is 1. The van der Waals surface area contributed by atoms with Crippen LogP contribution in [0.25, 0.3) is 0 Å². The first-order chi connectivity index (χ1) is 11.4. The average molecular weight is 337 g/mol. The normalized spacial score (nSPS) is 9.92. The second-order valence-electron chi connectivity index (χ2n) is 5.03. The summed E-state index contributed by atoms with van der Waals surface area (Å²) < 4.78 is 10.2. The molecule has 3 N–H and O–H groups in total. The number of esters is 1. The van der Waals surface area contributed by atoms with Crippen molar-refractivity contribution in [3.8, 4) is 5.75 Å². The van der Waals surface area contributed by atoms with E-state index in [1.165, 1.54) is 4.90 Å². The van der Waals surface area contributed by atoms with E-state index in [1.807, 2.05) is 31.2 Å². The molecule has 132 valence electrons. The minimum absolute atomic E-state index is 0.0428. The van der Waals surface area contributed by atoms with E-state index >= 15 is 0 Å². The maximum Gasteiger partial charge on any atom is 0.312 e. The molecule has 24 heavy (non-hydrogen) atoms. The molecular weight excluding hydrogens is 314 g/mol. The minimum atomic E-state index is -0.714. The molecule has 0 aliphatic carbocycles. The van der Waals surface area contributed by atoms with Crippen LogP contribution in [0.4, 0.5) is 4.79 Å². The van der Waals surface area contributed by atoms with Gasteiger partial charge in [0.25, 0.3) is 5.91 Å². The molecule has 0 aliphatic rings. The number of primary amides is 1. The summed E-state index contributed by atoms with van der Waals surface area (Å²) in [6.07, 6.45) is -0.0428. The third kappa shape index (κ3) is 7.48. The number of nitrogens with one attached hydrogen (secondary N) is 1. The highest BCUT2D eigenvalue weighted by Gasteiger charge is 2.12. The van der Waals surface area contributed by atoms with Gasteiger partial charge >= 0.3 is 12.0 Å². The van der Waals surface area contributed by atoms with E-state index in [4.69, 9.17) is 15.2 Å². The Kier molecular flexibility index (Phi) is 8.10. The molecule has 0 fully saturated rings. The standard InChI is InChI=1S/C16H23N3O5/c1-3-23-13-6-4-12(5-7-13)10-19(2)14(20)11-24-15(21)8-9-18-16(17)22/h4-7H,3,8-11H2,1-2H3,(H3,17,18,22). The zero-order valence-corrected chi connectivity index (χ0v) is 13.9. The number of amides is 3. The van der Waals surface area contributed by atoms with Crippen molar-refractivity contribution >= 4 is 17.9 Å². The van der Waals surface area contributed by atoms with Gasteiger partial charge in [0.1, 0.15) is 5.75 Å². The van der Waals surface area contributed by atoms with E-state index in [9.17, 15) is 14.4 Å². The molecule has 0 bridgehead atoms. The summed E-state index contributed by atoms with van der Waals surface area (Å²) in [4.78, 5) is 35.3. The van der Waals surface area contributed by atoms with E-state index < -0.39 is 12.0 Å². The smallest absolute Gasteiger partial charge is 0.312 e. The number of carbonyl (C=O) groups is 3. The van der Waals surface area contributed by atoms with Crippen LogP contribution < -0.4 is 15.8 Å². The SMILES string of the molecule is CCOc1ccc(CN(C)C(=O)COC(=O)CCNC(N)=O)cc1. The number of hydrogen-bond donors (Lipinski definition) is 2. The molecular formula is C16H23N3O5. The largest absolute Gasteiger partial charge is 0.494 e. The van der Waals surface area contributed by atoms with E-state index in [-0.39, 0.29) is 25.5 Å². The number of benzene rings is 1. The molecule has 0 aromatic heterocycles. The molecule has 8 heteroatoms. The number of nitrogens with zero attached hydrogens (tertiary/aromatic N) is 1. The highest BCUT2D eigenvalue weighted by atomic mass is 16.5. The van der Waals surface area contributed by atoms with E-state index in [0.717, 1.165) is 11.3 Å². The molecule has 0 spiro atoms. The van der Waals surface area contributed by atoms with Crippen molar-refractivity contribution in [1.82, 2.24) is 10.2 Å². The van der Waals surface area contributed by atoms with Gasteiger partial charge in [-0.3, -0.25) is 9.59 Å². The number of nitrogens with two attached hydrogens (primary N) is 1. The van der Waals surface area contributed by atoms with E-state index in [1.54, 1.807) is 7.05 Å². The first-order valence-electron chi connectivity index (χ1n) is 7.57. The van der Waals surface area contributed by atoms with Gasteiger partial charge < -0.3 is 25.4 Å². The van der Waals surface area contributed by atoms with Crippen LogP contribution in [0.3, 0.4) is 0 Å². The molecule has 3 amide bonds. The second-order valence-corrected chi connectivity index (χ2v) is 5.03. The van der Waals surface area contributed by atoms with Crippen molar-refractivity contribution in [1.29, 1.82) is 0 Å². The quantitative estimate of drug-likeness (QED) is 0.643. The predicted octanol–water partition coefficient (Wildman–Crippen LogP) is 0.645. The first kappa shape index (κ1) is 19.3. The van der Waals surface area contributed by atoms with Crippen molar-refractivity contribution < 1.29 is 23.9 Å².